The number of aryl methyl sites for hydroxylation is 2. The number of thiazole rings is 1. The molecule has 24 heavy (non-hydrogen) atoms. The standard InChI is InChI=1S/C14H16N4O4S2/c1-4-22-12(20)11-8(3)16-14(24-11)17-9(19)6-23-10-5-7(2)15-13(21)18-10/h5H,4,6H2,1-3H3,(H,15,18,21)(H,16,17,19). The van der Waals surface area contributed by atoms with Crippen LogP contribution in [0.1, 0.15) is 28.0 Å². The predicted octanol–water partition coefficient (Wildman–Crippen LogP) is 1.75. The van der Waals surface area contributed by atoms with Gasteiger partial charge in [0.25, 0.3) is 0 Å². The molecule has 0 saturated carbocycles. The van der Waals surface area contributed by atoms with Crippen LogP contribution < -0.4 is 11.0 Å². The van der Waals surface area contributed by atoms with Gasteiger partial charge in [-0.25, -0.2) is 14.6 Å². The lowest BCUT2D eigenvalue weighted by atomic mass is 10.4. The first-order valence-electron chi connectivity index (χ1n) is 7.04. The Morgan fingerprint density at radius 1 is 1.38 bits per heavy atom. The van der Waals surface area contributed by atoms with Gasteiger partial charge >= 0.3 is 11.7 Å². The number of amides is 1. The molecule has 0 radical (unpaired) electrons. The van der Waals surface area contributed by atoms with Gasteiger partial charge in [-0.15, -0.1) is 0 Å². The molecule has 0 aliphatic heterocycles. The van der Waals surface area contributed by atoms with E-state index in [4.69, 9.17) is 4.74 Å². The average Bonchev–Trinajstić information content (AvgIpc) is 2.85. The molecule has 0 aliphatic rings. The minimum atomic E-state index is -0.453. The summed E-state index contributed by atoms with van der Waals surface area (Å²) >= 11 is 2.21. The average molecular weight is 368 g/mol. The number of hydrogen-bond acceptors (Lipinski definition) is 8. The van der Waals surface area contributed by atoms with Crippen LogP contribution in [0.3, 0.4) is 0 Å². The first-order valence-corrected chi connectivity index (χ1v) is 8.84. The Morgan fingerprint density at radius 2 is 2.12 bits per heavy atom. The van der Waals surface area contributed by atoms with Gasteiger partial charge in [0.15, 0.2) is 5.13 Å². The van der Waals surface area contributed by atoms with E-state index in [2.05, 4.69) is 20.3 Å². The second-order valence-corrected chi connectivity index (χ2v) is 6.69. The van der Waals surface area contributed by atoms with E-state index in [0.29, 0.717) is 26.4 Å². The number of thioether (sulfide) groups is 1. The van der Waals surface area contributed by atoms with Crippen molar-refractivity contribution in [2.75, 3.05) is 17.7 Å². The van der Waals surface area contributed by atoms with Gasteiger partial charge in [-0.1, -0.05) is 23.1 Å². The number of aromatic nitrogens is 3. The number of hydrogen-bond donors (Lipinski definition) is 2. The fraction of sp³-hybridized carbons (Fsp3) is 0.357. The quantitative estimate of drug-likeness (QED) is 0.453. The summed E-state index contributed by atoms with van der Waals surface area (Å²) in [4.78, 5) is 45.8. The molecule has 0 unspecified atom stereocenters. The maximum atomic E-state index is 12.0. The van der Waals surface area contributed by atoms with E-state index in [0.717, 1.165) is 23.1 Å². The maximum Gasteiger partial charge on any atom is 0.350 e. The highest BCUT2D eigenvalue weighted by Crippen LogP contribution is 2.24. The van der Waals surface area contributed by atoms with E-state index in [1.54, 1.807) is 26.8 Å². The second kappa shape index (κ2) is 8.06. The smallest absolute Gasteiger partial charge is 0.350 e. The lowest BCUT2D eigenvalue weighted by molar-refractivity contribution is -0.113. The minimum Gasteiger partial charge on any atom is -0.462 e. The van der Waals surface area contributed by atoms with Gasteiger partial charge < -0.3 is 15.0 Å². The van der Waals surface area contributed by atoms with Crippen molar-refractivity contribution < 1.29 is 14.3 Å². The van der Waals surface area contributed by atoms with Gasteiger partial charge in [0.05, 0.1) is 18.1 Å². The molecule has 2 aromatic rings. The molecular weight excluding hydrogens is 352 g/mol. The number of nitrogens with zero attached hydrogens (tertiary/aromatic N) is 2. The molecule has 0 saturated heterocycles. The summed E-state index contributed by atoms with van der Waals surface area (Å²) in [5, 5.41) is 3.42. The highest BCUT2D eigenvalue weighted by molar-refractivity contribution is 7.99. The largest absolute Gasteiger partial charge is 0.462 e. The number of nitrogens with one attached hydrogen (secondary N) is 2. The van der Waals surface area contributed by atoms with Crippen LogP contribution in [0.2, 0.25) is 0 Å². The summed E-state index contributed by atoms with van der Waals surface area (Å²) in [5.74, 6) is -0.682. The third kappa shape index (κ3) is 4.90. The fourth-order valence-corrected chi connectivity index (χ4v) is 3.39. The molecule has 0 bridgehead atoms. The number of anilines is 1. The number of aromatic amines is 1. The van der Waals surface area contributed by atoms with Crippen LogP contribution >= 0.6 is 23.1 Å². The van der Waals surface area contributed by atoms with Crippen molar-refractivity contribution in [3.63, 3.8) is 0 Å². The van der Waals surface area contributed by atoms with Crippen molar-refractivity contribution in [2.45, 2.75) is 25.8 Å². The van der Waals surface area contributed by atoms with E-state index in [1.165, 1.54) is 0 Å². The van der Waals surface area contributed by atoms with E-state index >= 15 is 0 Å². The van der Waals surface area contributed by atoms with E-state index in [-0.39, 0.29) is 18.3 Å². The molecule has 2 N–H and O–H groups in total. The zero-order valence-corrected chi connectivity index (χ0v) is 15.0. The molecule has 0 fully saturated rings. The number of H-pyrrole nitrogens is 1. The van der Waals surface area contributed by atoms with Gasteiger partial charge in [-0.2, -0.15) is 4.98 Å². The molecule has 0 spiro atoms. The van der Waals surface area contributed by atoms with Crippen molar-refractivity contribution in [3.8, 4) is 0 Å². The van der Waals surface area contributed by atoms with Crippen LogP contribution in [0.15, 0.2) is 15.9 Å². The Hall–Kier alpha value is -2.20. The van der Waals surface area contributed by atoms with E-state index in [9.17, 15) is 14.4 Å². The molecule has 0 atom stereocenters. The van der Waals surface area contributed by atoms with Gasteiger partial charge in [0, 0.05) is 5.69 Å². The van der Waals surface area contributed by atoms with Gasteiger partial charge in [-0.3, -0.25) is 4.79 Å². The molecule has 2 aromatic heterocycles. The van der Waals surface area contributed by atoms with Gasteiger partial charge in [0.2, 0.25) is 5.91 Å². The highest BCUT2D eigenvalue weighted by Gasteiger charge is 2.17. The Bertz CT molecular complexity index is 815. The number of ether oxygens (including phenoxy) is 1. The number of carbonyl (C=O) groups is 2. The van der Waals surface area contributed by atoms with Crippen LogP contribution in [-0.2, 0) is 9.53 Å². The lowest BCUT2D eigenvalue weighted by Crippen LogP contribution is -2.15. The third-order valence-electron chi connectivity index (χ3n) is 2.71. The van der Waals surface area contributed by atoms with Gasteiger partial charge in [-0.05, 0) is 26.8 Å². The van der Waals surface area contributed by atoms with Crippen molar-refractivity contribution in [1.29, 1.82) is 0 Å². The zero-order chi connectivity index (χ0) is 17.7. The molecule has 2 heterocycles. The van der Waals surface area contributed by atoms with E-state index in [1.807, 2.05) is 0 Å². The Kier molecular flexibility index (Phi) is 6.10. The highest BCUT2D eigenvalue weighted by atomic mass is 32.2. The summed E-state index contributed by atoms with van der Waals surface area (Å²) in [6.07, 6.45) is 0. The molecule has 2 rings (SSSR count). The summed E-state index contributed by atoms with van der Waals surface area (Å²) in [5.41, 5.74) is 0.730. The Balaban J connectivity index is 1.96. The number of carbonyl (C=O) groups excluding carboxylic acids is 2. The first-order chi connectivity index (χ1) is 11.4. The molecular formula is C14H16N4O4S2. The number of esters is 1. The van der Waals surface area contributed by atoms with Crippen LogP contribution in [0, 0.1) is 13.8 Å². The first kappa shape index (κ1) is 18.1. The SMILES string of the molecule is CCOC(=O)c1sc(NC(=O)CSc2cc(C)[nH]c(=O)n2)nc1C. The van der Waals surface area contributed by atoms with Crippen molar-refractivity contribution in [2.24, 2.45) is 0 Å². The monoisotopic (exact) mass is 368 g/mol. The number of rotatable bonds is 6. The van der Waals surface area contributed by atoms with Crippen LogP contribution in [0.25, 0.3) is 0 Å². The van der Waals surface area contributed by atoms with Crippen molar-refractivity contribution >= 4 is 40.1 Å². The zero-order valence-electron chi connectivity index (χ0n) is 13.3. The van der Waals surface area contributed by atoms with E-state index < -0.39 is 11.7 Å². The summed E-state index contributed by atoms with van der Waals surface area (Å²) < 4.78 is 4.93. The molecule has 1 amide bonds. The third-order valence-corrected chi connectivity index (χ3v) is 4.68. The molecule has 10 heteroatoms. The Labute approximate surface area is 146 Å². The van der Waals surface area contributed by atoms with Crippen LogP contribution in [-0.4, -0.2) is 39.2 Å². The second-order valence-electron chi connectivity index (χ2n) is 4.70. The summed E-state index contributed by atoms with van der Waals surface area (Å²) in [7, 11) is 0. The fourth-order valence-electron chi connectivity index (χ4n) is 1.75. The molecule has 0 aromatic carbocycles. The summed E-state index contributed by atoms with van der Waals surface area (Å²) in [6, 6.07) is 1.69. The van der Waals surface area contributed by atoms with Crippen molar-refractivity contribution in [1.82, 2.24) is 15.0 Å². The molecule has 128 valence electrons. The van der Waals surface area contributed by atoms with Crippen molar-refractivity contribution in [3.05, 3.63) is 32.8 Å². The summed E-state index contributed by atoms with van der Waals surface area (Å²) in [6.45, 7) is 5.41. The topological polar surface area (TPSA) is 114 Å². The van der Waals surface area contributed by atoms with Crippen LogP contribution in [0.5, 0.6) is 0 Å². The molecule has 8 nitrogen and oxygen atoms in total. The van der Waals surface area contributed by atoms with Gasteiger partial charge in [0.1, 0.15) is 9.90 Å². The lowest BCUT2D eigenvalue weighted by Gasteiger charge is -2.02. The molecule has 0 aliphatic carbocycles. The minimum absolute atomic E-state index is 0.0727. The van der Waals surface area contributed by atoms with Crippen LogP contribution in [0.4, 0.5) is 5.13 Å². The predicted molar refractivity (Wildman–Crippen MR) is 91.8 cm³/mol. The Morgan fingerprint density at radius 3 is 2.79 bits per heavy atom. The normalized spacial score (nSPS) is 10.5. The maximum absolute atomic E-state index is 12.0.